The van der Waals surface area contributed by atoms with Crippen LogP contribution in [0.25, 0.3) is 44.5 Å². The van der Waals surface area contributed by atoms with Gasteiger partial charge < -0.3 is 9.64 Å². The highest BCUT2D eigenvalue weighted by atomic mass is 16.5. The highest BCUT2D eigenvalue weighted by Gasteiger charge is 2.19. The second kappa shape index (κ2) is 9.07. The van der Waals surface area contributed by atoms with E-state index in [-0.39, 0.29) is 0 Å². The van der Waals surface area contributed by atoms with Crippen molar-refractivity contribution in [2.45, 2.75) is 6.54 Å². The molecule has 0 saturated carbocycles. The number of hydrogen-bond acceptors (Lipinski definition) is 6. The Hall–Kier alpha value is -4.04. The van der Waals surface area contributed by atoms with Crippen LogP contribution in [-0.2, 0) is 13.6 Å². The first-order valence-electron chi connectivity index (χ1n) is 11.1. The van der Waals surface area contributed by atoms with E-state index in [0.29, 0.717) is 0 Å². The number of likely N-dealkylation sites (N-methyl/N-ethyl adjacent to an activating group) is 1. The Kier molecular flexibility index (Phi) is 5.81. The Morgan fingerprint density at radius 1 is 0.941 bits per heavy atom. The quantitative estimate of drug-likeness (QED) is 0.369. The van der Waals surface area contributed by atoms with Gasteiger partial charge in [-0.2, -0.15) is 10.2 Å². The van der Waals surface area contributed by atoms with Gasteiger partial charge in [0.15, 0.2) is 0 Å². The molecule has 0 spiro atoms. The fourth-order valence-corrected chi connectivity index (χ4v) is 4.09. The number of hydrogen-bond donors (Lipinski definition) is 0. The van der Waals surface area contributed by atoms with Gasteiger partial charge in [0.2, 0.25) is 0 Å². The van der Waals surface area contributed by atoms with Crippen molar-refractivity contribution in [1.82, 2.24) is 34.4 Å². The standard InChI is InChI=1S/C26H27N7O/c1-31(2)10-11-33-15-19(14-29-33)20-12-21-23(13-24(20)34-4)27-17-28-26(21)22-16-32(3)30-25(22)18-8-6-5-7-9-18/h5-9,12-17H,10-11H2,1-4H3. The first kappa shape index (κ1) is 21.8. The summed E-state index contributed by atoms with van der Waals surface area (Å²) in [5, 5.41) is 10.2. The molecule has 0 aliphatic heterocycles. The summed E-state index contributed by atoms with van der Waals surface area (Å²) in [6.07, 6.45) is 7.53. The van der Waals surface area contributed by atoms with Gasteiger partial charge in [-0.15, -0.1) is 0 Å². The molecule has 0 atom stereocenters. The predicted molar refractivity (Wildman–Crippen MR) is 134 cm³/mol. The van der Waals surface area contributed by atoms with E-state index in [0.717, 1.165) is 63.4 Å². The molecule has 8 heteroatoms. The van der Waals surface area contributed by atoms with Crippen molar-refractivity contribution in [3.63, 3.8) is 0 Å². The van der Waals surface area contributed by atoms with E-state index in [1.54, 1.807) is 13.4 Å². The molecule has 0 saturated heterocycles. The van der Waals surface area contributed by atoms with Crippen molar-refractivity contribution in [2.75, 3.05) is 27.7 Å². The maximum Gasteiger partial charge on any atom is 0.128 e. The third kappa shape index (κ3) is 4.15. The number of fused-ring (bicyclic) bond motifs is 1. The smallest absolute Gasteiger partial charge is 0.128 e. The van der Waals surface area contributed by atoms with Crippen LogP contribution < -0.4 is 4.74 Å². The molecule has 0 N–H and O–H groups in total. The summed E-state index contributed by atoms with van der Waals surface area (Å²) in [7, 11) is 7.72. The number of benzene rings is 2. The largest absolute Gasteiger partial charge is 0.496 e. The van der Waals surface area contributed by atoms with Crippen molar-refractivity contribution in [3.05, 3.63) is 67.4 Å². The van der Waals surface area contributed by atoms with Crippen molar-refractivity contribution in [1.29, 1.82) is 0 Å². The molecule has 3 aromatic heterocycles. The molecule has 5 aromatic rings. The van der Waals surface area contributed by atoms with E-state index in [1.165, 1.54) is 0 Å². The van der Waals surface area contributed by atoms with Gasteiger partial charge in [-0.1, -0.05) is 30.3 Å². The van der Waals surface area contributed by atoms with E-state index in [4.69, 9.17) is 9.84 Å². The van der Waals surface area contributed by atoms with Crippen LogP contribution in [0.5, 0.6) is 5.75 Å². The molecule has 0 aliphatic carbocycles. The average Bonchev–Trinajstić information content (AvgIpc) is 3.48. The van der Waals surface area contributed by atoms with Crippen LogP contribution in [0, 0.1) is 0 Å². The highest BCUT2D eigenvalue weighted by Crippen LogP contribution is 2.38. The molecular formula is C26H27N7O. The van der Waals surface area contributed by atoms with Crippen LogP contribution in [0.15, 0.2) is 67.4 Å². The van der Waals surface area contributed by atoms with E-state index in [9.17, 15) is 0 Å². The average molecular weight is 454 g/mol. The molecular weight excluding hydrogens is 426 g/mol. The Balaban J connectivity index is 1.65. The summed E-state index contributed by atoms with van der Waals surface area (Å²) < 4.78 is 9.51. The third-order valence-electron chi connectivity index (χ3n) is 5.81. The SMILES string of the molecule is COc1cc2ncnc(-c3cn(C)nc3-c3ccccc3)c2cc1-c1cnn(CCN(C)C)c1. The molecule has 0 fully saturated rings. The van der Waals surface area contributed by atoms with Crippen molar-refractivity contribution in [2.24, 2.45) is 7.05 Å². The first-order chi connectivity index (χ1) is 16.5. The highest BCUT2D eigenvalue weighted by molar-refractivity contribution is 5.99. The molecule has 0 radical (unpaired) electrons. The van der Waals surface area contributed by atoms with Crippen LogP contribution in [0.3, 0.4) is 0 Å². The summed E-state index contributed by atoms with van der Waals surface area (Å²) >= 11 is 0. The van der Waals surface area contributed by atoms with Crippen LogP contribution in [0.2, 0.25) is 0 Å². The van der Waals surface area contributed by atoms with Crippen molar-refractivity contribution >= 4 is 10.9 Å². The Morgan fingerprint density at radius 3 is 2.53 bits per heavy atom. The zero-order chi connectivity index (χ0) is 23.7. The van der Waals surface area contributed by atoms with Crippen molar-refractivity contribution in [3.8, 4) is 39.4 Å². The Labute approximate surface area is 198 Å². The van der Waals surface area contributed by atoms with Crippen LogP contribution in [-0.4, -0.2) is 62.2 Å². The van der Waals surface area contributed by atoms with E-state index in [2.05, 4.69) is 58.5 Å². The van der Waals surface area contributed by atoms with Crippen LogP contribution in [0.4, 0.5) is 0 Å². The minimum absolute atomic E-state index is 0.749. The molecule has 172 valence electrons. The fourth-order valence-electron chi connectivity index (χ4n) is 4.09. The lowest BCUT2D eigenvalue weighted by molar-refractivity contribution is 0.373. The van der Waals surface area contributed by atoms with Gasteiger partial charge in [-0.05, 0) is 20.2 Å². The lowest BCUT2D eigenvalue weighted by atomic mass is 9.99. The summed E-state index contributed by atoms with van der Waals surface area (Å²) in [5.74, 6) is 0.749. The number of methoxy groups -OCH3 is 1. The van der Waals surface area contributed by atoms with Gasteiger partial charge in [0.25, 0.3) is 0 Å². The zero-order valence-electron chi connectivity index (χ0n) is 19.8. The minimum atomic E-state index is 0.749. The Bertz CT molecular complexity index is 1440. The van der Waals surface area contributed by atoms with E-state index < -0.39 is 0 Å². The molecule has 8 nitrogen and oxygen atoms in total. The number of nitrogens with zero attached hydrogens (tertiary/aromatic N) is 7. The maximum atomic E-state index is 5.74. The summed E-state index contributed by atoms with van der Waals surface area (Å²) in [6.45, 7) is 1.73. The van der Waals surface area contributed by atoms with Gasteiger partial charge in [0, 0.05) is 59.7 Å². The predicted octanol–water partition coefficient (Wildman–Crippen LogP) is 4.13. The second-order valence-electron chi connectivity index (χ2n) is 8.52. The van der Waals surface area contributed by atoms with Gasteiger partial charge in [-0.3, -0.25) is 9.36 Å². The van der Waals surface area contributed by atoms with E-state index >= 15 is 0 Å². The lowest BCUT2D eigenvalue weighted by Crippen LogP contribution is -2.18. The van der Waals surface area contributed by atoms with Gasteiger partial charge >= 0.3 is 0 Å². The topological polar surface area (TPSA) is 73.9 Å². The molecule has 0 unspecified atom stereocenters. The molecule has 2 aromatic carbocycles. The molecule has 3 heterocycles. The normalized spacial score (nSPS) is 11.4. The number of aromatic nitrogens is 6. The first-order valence-corrected chi connectivity index (χ1v) is 11.1. The fraction of sp³-hybridized carbons (Fsp3) is 0.231. The maximum absolute atomic E-state index is 5.74. The Morgan fingerprint density at radius 2 is 1.76 bits per heavy atom. The molecule has 5 rings (SSSR count). The molecule has 34 heavy (non-hydrogen) atoms. The van der Waals surface area contributed by atoms with Gasteiger partial charge in [0.1, 0.15) is 17.8 Å². The van der Waals surface area contributed by atoms with E-state index in [1.807, 2.05) is 53.1 Å². The summed E-state index contributed by atoms with van der Waals surface area (Å²) in [5.41, 5.74) is 6.47. The minimum Gasteiger partial charge on any atom is -0.496 e. The molecule has 0 bridgehead atoms. The van der Waals surface area contributed by atoms with Crippen LogP contribution >= 0.6 is 0 Å². The summed E-state index contributed by atoms with van der Waals surface area (Å²) in [6, 6.07) is 14.2. The number of ether oxygens (including phenoxy) is 1. The number of aryl methyl sites for hydroxylation is 1. The molecule has 0 amide bonds. The third-order valence-corrected chi connectivity index (χ3v) is 5.81. The zero-order valence-corrected chi connectivity index (χ0v) is 19.8. The second-order valence-corrected chi connectivity index (χ2v) is 8.52. The lowest BCUT2D eigenvalue weighted by Gasteiger charge is -2.11. The van der Waals surface area contributed by atoms with Gasteiger partial charge in [-0.25, -0.2) is 9.97 Å². The molecule has 0 aliphatic rings. The number of rotatable bonds is 7. The van der Waals surface area contributed by atoms with Gasteiger partial charge in [0.05, 0.1) is 31.1 Å². The van der Waals surface area contributed by atoms with Crippen LogP contribution in [0.1, 0.15) is 0 Å². The summed E-state index contributed by atoms with van der Waals surface area (Å²) in [4.78, 5) is 11.4. The monoisotopic (exact) mass is 453 g/mol. The van der Waals surface area contributed by atoms with Crippen molar-refractivity contribution < 1.29 is 4.74 Å².